The zero-order valence-electron chi connectivity index (χ0n) is 9.79. The number of para-hydroxylation sites is 1. The Balaban J connectivity index is 2.22. The SMILES string of the molecule is Cc1nn(-c2nc3ccccc3s2)c(Cl)c1C(=O)O. The standard InChI is InChI=1S/C12H8ClN3O2S/c1-6-9(11(17)18)10(13)16(15-6)12-14-7-4-2-3-5-8(7)19-12/h2-5H,1H3,(H,17,18). The van der Waals surface area contributed by atoms with Crippen LogP contribution in [0.1, 0.15) is 16.1 Å². The molecule has 96 valence electrons. The van der Waals surface area contributed by atoms with Gasteiger partial charge in [0.15, 0.2) is 0 Å². The van der Waals surface area contributed by atoms with Crippen molar-refractivity contribution in [2.45, 2.75) is 6.92 Å². The Morgan fingerprint density at radius 3 is 2.79 bits per heavy atom. The second kappa shape index (κ2) is 4.32. The lowest BCUT2D eigenvalue weighted by Gasteiger charge is -1.96. The summed E-state index contributed by atoms with van der Waals surface area (Å²) in [6.45, 7) is 1.61. The lowest BCUT2D eigenvalue weighted by atomic mass is 10.3. The molecule has 0 amide bonds. The molecule has 0 spiro atoms. The quantitative estimate of drug-likeness (QED) is 0.788. The summed E-state index contributed by atoms with van der Waals surface area (Å²) < 4.78 is 2.36. The molecule has 2 heterocycles. The van der Waals surface area contributed by atoms with Crippen molar-refractivity contribution in [3.05, 3.63) is 40.7 Å². The number of hydrogen-bond donors (Lipinski definition) is 1. The van der Waals surface area contributed by atoms with Crippen LogP contribution in [0.2, 0.25) is 5.15 Å². The highest BCUT2D eigenvalue weighted by Crippen LogP contribution is 2.29. The summed E-state index contributed by atoms with van der Waals surface area (Å²) in [6.07, 6.45) is 0. The second-order valence-electron chi connectivity index (χ2n) is 3.93. The minimum Gasteiger partial charge on any atom is -0.478 e. The Labute approximate surface area is 117 Å². The van der Waals surface area contributed by atoms with E-state index in [2.05, 4.69) is 10.1 Å². The number of halogens is 1. The number of aromatic carboxylic acids is 1. The molecule has 7 heteroatoms. The van der Waals surface area contributed by atoms with Gasteiger partial charge in [-0.3, -0.25) is 0 Å². The summed E-state index contributed by atoms with van der Waals surface area (Å²) in [5, 5.41) is 13.9. The van der Waals surface area contributed by atoms with Crippen molar-refractivity contribution in [2.24, 2.45) is 0 Å². The molecule has 1 aromatic carbocycles. The zero-order valence-corrected chi connectivity index (χ0v) is 11.4. The second-order valence-corrected chi connectivity index (χ2v) is 5.30. The van der Waals surface area contributed by atoms with Crippen molar-refractivity contribution < 1.29 is 9.90 Å². The van der Waals surface area contributed by atoms with Gasteiger partial charge in [-0.05, 0) is 19.1 Å². The maximum absolute atomic E-state index is 11.1. The van der Waals surface area contributed by atoms with E-state index < -0.39 is 5.97 Å². The molecule has 0 radical (unpaired) electrons. The number of carboxylic acids is 1. The van der Waals surface area contributed by atoms with Gasteiger partial charge in [0.1, 0.15) is 10.7 Å². The Bertz CT molecular complexity index is 760. The van der Waals surface area contributed by atoms with Crippen molar-refractivity contribution in [1.29, 1.82) is 0 Å². The molecule has 0 atom stereocenters. The van der Waals surface area contributed by atoms with Crippen molar-refractivity contribution in [3.8, 4) is 5.13 Å². The van der Waals surface area contributed by atoms with Crippen LogP contribution in [0.25, 0.3) is 15.3 Å². The lowest BCUT2D eigenvalue weighted by Crippen LogP contribution is -1.98. The highest BCUT2D eigenvalue weighted by atomic mass is 35.5. The van der Waals surface area contributed by atoms with Gasteiger partial charge in [0.2, 0.25) is 5.13 Å². The topological polar surface area (TPSA) is 68.0 Å². The number of benzene rings is 1. The predicted molar refractivity (Wildman–Crippen MR) is 73.4 cm³/mol. The summed E-state index contributed by atoms with van der Waals surface area (Å²) in [6, 6.07) is 7.64. The van der Waals surface area contributed by atoms with Crippen molar-refractivity contribution >= 4 is 39.1 Å². The molecule has 5 nitrogen and oxygen atoms in total. The van der Waals surface area contributed by atoms with E-state index in [0.29, 0.717) is 10.8 Å². The highest BCUT2D eigenvalue weighted by Gasteiger charge is 2.21. The van der Waals surface area contributed by atoms with Crippen molar-refractivity contribution in [3.63, 3.8) is 0 Å². The van der Waals surface area contributed by atoms with Gasteiger partial charge < -0.3 is 5.11 Å². The summed E-state index contributed by atoms with van der Waals surface area (Å²) in [4.78, 5) is 15.5. The maximum atomic E-state index is 11.1. The fraction of sp³-hybridized carbons (Fsp3) is 0.0833. The average molecular weight is 294 g/mol. The number of nitrogens with zero attached hydrogens (tertiary/aromatic N) is 3. The fourth-order valence-corrected chi connectivity index (χ4v) is 3.13. The molecule has 0 fully saturated rings. The first-order chi connectivity index (χ1) is 9.08. The van der Waals surface area contributed by atoms with Crippen LogP contribution >= 0.6 is 22.9 Å². The molecular weight excluding hydrogens is 286 g/mol. The first-order valence-electron chi connectivity index (χ1n) is 5.42. The van der Waals surface area contributed by atoms with Crippen LogP contribution in [0, 0.1) is 6.92 Å². The first kappa shape index (κ1) is 12.1. The largest absolute Gasteiger partial charge is 0.478 e. The average Bonchev–Trinajstić information content (AvgIpc) is 2.89. The predicted octanol–water partition coefficient (Wildman–Crippen LogP) is 3.14. The number of fused-ring (bicyclic) bond motifs is 1. The van der Waals surface area contributed by atoms with E-state index in [-0.39, 0.29) is 10.7 Å². The summed E-state index contributed by atoms with van der Waals surface area (Å²) in [5.74, 6) is -1.09. The number of rotatable bonds is 2. The molecule has 3 aromatic rings. The zero-order chi connectivity index (χ0) is 13.6. The Kier molecular flexibility index (Phi) is 2.76. The molecule has 19 heavy (non-hydrogen) atoms. The number of thiazole rings is 1. The molecule has 0 saturated carbocycles. The number of aromatic nitrogens is 3. The van der Waals surface area contributed by atoms with Gasteiger partial charge in [0.05, 0.1) is 15.9 Å². The van der Waals surface area contributed by atoms with Crippen LogP contribution in [0.4, 0.5) is 0 Å². The van der Waals surface area contributed by atoms with Crippen molar-refractivity contribution in [2.75, 3.05) is 0 Å². The van der Waals surface area contributed by atoms with E-state index in [4.69, 9.17) is 16.7 Å². The normalized spacial score (nSPS) is 11.1. The Morgan fingerprint density at radius 2 is 2.16 bits per heavy atom. The molecule has 0 saturated heterocycles. The minimum atomic E-state index is -1.09. The van der Waals surface area contributed by atoms with E-state index in [1.165, 1.54) is 16.0 Å². The minimum absolute atomic E-state index is 0.0147. The summed E-state index contributed by atoms with van der Waals surface area (Å²) in [7, 11) is 0. The monoisotopic (exact) mass is 293 g/mol. The van der Waals surface area contributed by atoms with Gasteiger partial charge >= 0.3 is 5.97 Å². The Hall–Kier alpha value is -1.92. The number of carboxylic acid groups (broad SMARTS) is 1. The van der Waals surface area contributed by atoms with Crippen LogP contribution in [0.15, 0.2) is 24.3 Å². The molecular formula is C12H8ClN3O2S. The van der Waals surface area contributed by atoms with Gasteiger partial charge in [-0.25, -0.2) is 9.78 Å². The van der Waals surface area contributed by atoms with Crippen LogP contribution < -0.4 is 0 Å². The van der Waals surface area contributed by atoms with Crippen LogP contribution in [-0.4, -0.2) is 25.8 Å². The molecule has 3 rings (SSSR count). The van der Waals surface area contributed by atoms with Gasteiger partial charge in [-0.1, -0.05) is 35.1 Å². The van der Waals surface area contributed by atoms with Crippen LogP contribution in [0.3, 0.4) is 0 Å². The third-order valence-electron chi connectivity index (χ3n) is 2.68. The smallest absolute Gasteiger partial charge is 0.340 e. The fourth-order valence-electron chi connectivity index (χ4n) is 1.82. The molecule has 2 aromatic heterocycles. The molecule has 0 aliphatic carbocycles. The van der Waals surface area contributed by atoms with Crippen molar-refractivity contribution in [1.82, 2.24) is 14.8 Å². The highest BCUT2D eigenvalue weighted by molar-refractivity contribution is 7.20. The van der Waals surface area contributed by atoms with Gasteiger partial charge in [-0.2, -0.15) is 9.78 Å². The Morgan fingerprint density at radius 1 is 1.42 bits per heavy atom. The lowest BCUT2D eigenvalue weighted by molar-refractivity contribution is 0.0696. The molecule has 0 bridgehead atoms. The summed E-state index contributed by atoms with van der Waals surface area (Å²) >= 11 is 7.48. The van der Waals surface area contributed by atoms with E-state index in [1.807, 2.05) is 24.3 Å². The molecule has 0 aliphatic rings. The number of aryl methyl sites for hydroxylation is 1. The van der Waals surface area contributed by atoms with Gasteiger partial charge in [0, 0.05) is 0 Å². The van der Waals surface area contributed by atoms with E-state index in [9.17, 15) is 4.79 Å². The van der Waals surface area contributed by atoms with Gasteiger partial charge in [0.25, 0.3) is 0 Å². The van der Waals surface area contributed by atoms with Crippen LogP contribution in [-0.2, 0) is 0 Å². The maximum Gasteiger partial charge on any atom is 0.340 e. The van der Waals surface area contributed by atoms with Gasteiger partial charge in [-0.15, -0.1) is 0 Å². The summed E-state index contributed by atoms with van der Waals surface area (Å²) in [5.41, 5.74) is 1.22. The van der Waals surface area contributed by atoms with E-state index in [1.54, 1.807) is 6.92 Å². The number of hydrogen-bond acceptors (Lipinski definition) is 4. The molecule has 1 N–H and O–H groups in total. The molecule has 0 unspecified atom stereocenters. The first-order valence-corrected chi connectivity index (χ1v) is 6.61. The number of carbonyl (C=O) groups is 1. The molecule has 0 aliphatic heterocycles. The van der Waals surface area contributed by atoms with E-state index >= 15 is 0 Å². The van der Waals surface area contributed by atoms with E-state index in [0.717, 1.165) is 10.2 Å². The third-order valence-corrected chi connectivity index (χ3v) is 4.04. The third kappa shape index (κ3) is 1.89. The van der Waals surface area contributed by atoms with Crippen LogP contribution in [0.5, 0.6) is 0 Å².